The van der Waals surface area contributed by atoms with Crippen LogP contribution in [0, 0.1) is 23.0 Å². The number of aromatic nitrogens is 1. The van der Waals surface area contributed by atoms with Gasteiger partial charge in [0, 0.05) is 5.56 Å². The summed E-state index contributed by atoms with van der Waals surface area (Å²) in [5.74, 6) is -1.79. The molecule has 17 heavy (non-hydrogen) atoms. The van der Waals surface area contributed by atoms with Crippen molar-refractivity contribution in [2.75, 3.05) is 0 Å². The van der Waals surface area contributed by atoms with E-state index in [4.69, 9.17) is 5.26 Å². The number of benzene rings is 1. The summed E-state index contributed by atoms with van der Waals surface area (Å²) in [6.07, 6.45) is 0.192. The third-order valence-corrected chi connectivity index (χ3v) is 2.28. The molecule has 2 rings (SSSR count). The van der Waals surface area contributed by atoms with Gasteiger partial charge in [-0.1, -0.05) is 6.07 Å². The molecule has 4 heteroatoms. The molecule has 0 N–H and O–H groups in total. The Hall–Kier alpha value is -2.28. The molecule has 1 heterocycles. The number of hydrogen-bond donors (Lipinski definition) is 0. The first-order valence-electron chi connectivity index (χ1n) is 4.99. The lowest BCUT2D eigenvalue weighted by Gasteiger charge is -2.03. The average Bonchev–Trinajstić information content (AvgIpc) is 2.33. The summed E-state index contributed by atoms with van der Waals surface area (Å²) in [6, 6.07) is 10.7. The van der Waals surface area contributed by atoms with Gasteiger partial charge in [0.15, 0.2) is 11.6 Å². The molecule has 0 bridgehead atoms. The molecule has 0 radical (unpaired) electrons. The van der Waals surface area contributed by atoms with Gasteiger partial charge in [0.05, 0.1) is 23.9 Å². The van der Waals surface area contributed by atoms with Crippen LogP contribution in [0.25, 0.3) is 11.3 Å². The standard InChI is InChI=1S/C13H8F2N2/c14-11-5-4-9(8-12(11)15)13-3-1-2-10(17-13)6-7-16/h1-5,8H,6H2. The zero-order valence-corrected chi connectivity index (χ0v) is 8.82. The Morgan fingerprint density at radius 1 is 1.12 bits per heavy atom. The highest BCUT2D eigenvalue weighted by Crippen LogP contribution is 2.19. The van der Waals surface area contributed by atoms with Crippen molar-refractivity contribution in [1.29, 1.82) is 5.26 Å². The molecular weight excluding hydrogens is 222 g/mol. The Bertz CT molecular complexity index is 588. The molecule has 0 atom stereocenters. The predicted molar refractivity (Wildman–Crippen MR) is 58.9 cm³/mol. The fraction of sp³-hybridized carbons (Fsp3) is 0.0769. The van der Waals surface area contributed by atoms with E-state index < -0.39 is 11.6 Å². The topological polar surface area (TPSA) is 36.7 Å². The fourth-order valence-electron chi connectivity index (χ4n) is 1.48. The Labute approximate surface area is 97.2 Å². The van der Waals surface area contributed by atoms with Crippen molar-refractivity contribution in [3.8, 4) is 17.3 Å². The molecule has 2 nitrogen and oxygen atoms in total. The molecule has 0 saturated heterocycles. The molecule has 0 saturated carbocycles. The largest absolute Gasteiger partial charge is 0.252 e. The van der Waals surface area contributed by atoms with Crippen molar-refractivity contribution in [1.82, 2.24) is 4.98 Å². The Morgan fingerprint density at radius 2 is 1.94 bits per heavy atom. The van der Waals surface area contributed by atoms with E-state index in [1.54, 1.807) is 18.2 Å². The molecule has 0 spiro atoms. The lowest BCUT2D eigenvalue weighted by atomic mass is 10.1. The minimum Gasteiger partial charge on any atom is -0.252 e. The number of pyridine rings is 1. The van der Waals surface area contributed by atoms with Crippen LogP contribution in [0.15, 0.2) is 36.4 Å². The van der Waals surface area contributed by atoms with E-state index in [1.807, 2.05) is 6.07 Å². The van der Waals surface area contributed by atoms with Gasteiger partial charge >= 0.3 is 0 Å². The van der Waals surface area contributed by atoms with Gasteiger partial charge in [-0.3, -0.25) is 4.98 Å². The van der Waals surface area contributed by atoms with Crippen molar-refractivity contribution in [3.05, 3.63) is 53.7 Å². The van der Waals surface area contributed by atoms with E-state index in [2.05, 4.69) is 4.98 Å². The number of hydrogen-bond acceptors (Lipinski definition) is 2. The maximum Gasteiger partial charge on any atom is 0.159 e. The van der Waals surface area contributed by atoms with E-state index in [1.165, 1.54) is 6.07 Å². The summed E-state index contributed by atoms with van der Waals surface area (Å²) in [7, 11) is 0. The second-order valence-electron chi connectivity index (χ2n) is 3.48. The highest BCUT2D eigenvalue weighted by Gasteiger charge is 2.06. The van der Waals surface area contributed by atoms with Crippen LogP contribution < -0.4 is 0 Å². The molecule has 2 aromatic rings. The van der Waals surface area contributed by atoms with Gasteiger partial charge in [0.1, 0.15) is 0 Å². The monoisotopic (exact) mass is 230 g/mol. The van der Waals surface area contributed by atoms with Gasteiger partial charge in [-0.05, 0) is 30.3 Å². The summed E-state index contributed by atoms with van der Waals surface area (Å²) in [4.78, 5) is 4.19. The first-order chi connectivity index (χ1) is 8.20. The zero-order chi connectivity index (χ0) is 12.3. The quantitative estimate of drug-likeness (QED) is 0.794. The first kappa shape index (κ1) is 11.2. The Balaban J connectivity index is 2.42. The SMILES string of the molecule is N#CCc1cccc(-c2ccc(F)c(F)c2)n1. The van der Waals surface area contributed by atoms with Crippen LogP contribution in [-0.4, -0.2) is 4.98 Å². The lowest BCUT2D eigenvalue weighted by Crippen LogP contribution is -1.92. The van der Waals surface area contributed by atoms with Crippen LogP contribution in [-0.2, 0) is 6.42 Å². The molecule has 84 valence electrons. The van der Waals surface area contributed by atoms with Crippen LogP contribution in [0.4, 0.5) is 8.78 Å². The molecule has 1 aromatic carbocycles. The van der Waals surface area contributed by atoms with E-state index in [9.17, 15) is 8.78 Å². The second-order valence-corrected chi connectivity index (χ2v) is 3.48. The smallest absolute Gasteiger partial charge is 0.159 e. The van der Waals surface area contributed by atoms with Crippen LogP contribution in [0.2, 0.25) is 0 Å². The number of nitriles is 1. The van der Waals surface area contributed by atoms with Crippen LogP contribution >= 0.6 is 0 Å². The maximum atomic E-state index is 13.1. The van der Waals surface area contributed by atoms with Crippen molar-refractivity contribution >= 4 is 0 Å². The number of rotatable bonds is 2. The first-order valence-corrected chi connectivity index (χ1v) is 4.99. The molecule has 1 aromatic heterocycles. The highest BCUT2D eigenvalue weighted by atomic mass is 19.2. The summed E-state index contributed by atoms with van der Waals surface area (Å²) in [5, 5.41) is 8.56. The highest BCUT2D eigenvalue weighted by molar-refractivity contribution is 5.59. The predicted octanol–water partition coefficient (Wildman–Crippen LogP) is 3.09. The summed E-state index contributed by atoms with van der Waals surface area (Å²) in [6.45, 7) is 0. The minimum atomic E-state index is -0.907. The zero-order valence-electron chi connectivity index (χ0n) is 8.82. The Kier molecular flexibility index (Phi) is 3.10. The molecular formula is C13H8F2N2. The van der Waals surface area contributed by atoms with Crippen molar-refractivity contribution < 1.29 is 8.78 Å². The second kappa shape index (κ2) is 4.71. The molecule has 0 aliphatic carbocycles. The third kappa shape index (κ3) is 2.45. The normalized spacial score (nSPS) is 9.94. The van der Waals surface area contributed by atoms with Crippen molar-refractivity contribution in [2.45, 2.75) is 6.42 Å². The maximum absolute atomic E-state index is 13.1. The lowest BCUT2D eigenvalue weighted by molar-refractivity contribution is 0.509. The van der Waals surface area contributed by atoms with E-state index >= 15 is 0 Å². The average molecular weight is 230 g/mol. The Morgan fingerprint density at radius 3 is 2.65 bits per heavy atom. The van der Waals surface area contributed by atoms with E-state index in [0.717, 1.165) is 12.1 Å². The molecule has 0 fully saturated rings. The molecule has 0 amide bonds. The minimum absolute atomic E-state index is 0.192. The van der Waals surface area contributed by atoms with Crippen LogP contribution in [0.3, 0.4) is 0 Å². The van der Waals surface area contributed by atoms with E-state index in [0.29, 0.717) is 17.0 Å². The molecule has 0 aliphatic heterocycles. The van der Waals surface area contributed by atoms with Crippen LogP contribution in [0.5, 0.6) is 0 Å². The molecule has 0 aliphatic rings. The van der Waals surface area contributed by atoms with Gasteiger partial charge < -0.3 is 0 Å². The van der Waals surface area contributed by atoms with Gasteiger partial charge in [-0.15, -0.1) is 0 Å². The van der Waals surface area contributed by atoms with Crippen molar-refractivity contribution in [3.63, 3.8) is 0 Å². The molecule has 0 unspecified atom stereocenters. The van der Waals surface area contributed by atoms with Crippen LogP contribution in [0.1, 0.15) is 5.69 Å². The van der Waals surface area contributed by atoms with Gasteiger partial charge in [0.25, 0.3) is 0 Å². The van der Waals surface area contributed by atoms with Gasteiger partial charge in [-0.2, -0.15) is 5.26 Å². The third-order valence-electron chi connectivity index (χ3n) is 2.28. The van der Waals surface area contributed by atoms with Gasteiger partial charge in [-0.25, -0.2) is 8.78 Å². The fourth-order valence-corrected chi connectivity index (χ4v) is 1.48. The summed E-state index contributed by atoms with van der Waals surface area (Å²) >= 11 is 0. The summed E-state index contributed by atoms with van der Waals surface area (Å²) < 4.78 is 25.8. The van der Waals surface area contributed by atoms with Crippen molar-refractivity contribution in [2.24, 2.45) is 0 Å². The number of nitrogens with zero attached hydrogens (tertiary/aromatic N) is 2. The summed E-state index contributed by atoms with van der Waals surface area (Å²) in [5.41, 5.74) is 1.62. The number of halogens is 2. The van der Waals surface area contributed by atoms with E-state index in [-0.39, 0.29) is 6.42 Å². The van der Waals surface area contributed by atoms with Gasteiger partial charge in [0.2, 0.25) is 0 Å².